The van der Waals surface area contributed by atoms with Crippen molar-refractivity contribution in [2.75, 3.05) is 11.5 Å². The minimum Gasteiger partial charge on any atom is -0.399 e. The summed E-state index contributed by atoms with van der Waals surface area (Å²) in [4.78, 5) is 4.32. The smallest absolute Gasteiger partial charge is 0.0406 e. The van der Waals surface area contributed by atoms with Crippen molar-refractivity contribution in [3.8, 4) is 11.1 Å². The average Bonchev–Trinajstić information content (AvgIpc) is 2.72. The monoisotopic (exact) mass is 468 g/mol. The van der Waals surface area contributed by atoms with Gasteiger partial charge in [0.15, 0.2) is 0 Å². The molecule has 4 aromatic carbocycles. The van der Waals surface area contributed by atoms with Crippen LogP contribution in [0, 0.1) is 0 Å². The maximum absolute atomic E-state index is 6.11. The fraction of sp³-hybridized carbons (Fsp3) is 0. The van der Waals surface area contributed by atoms with E-state index in [1.807, 2.05) is 72.8 Å². The van der Waals surface area contributed by atoms with Crippen LogP contribution in [0.1, 0.15) is 0 Å². The molecule has 0 saturated carbocycles. The van der Waals surface area contributed by atoms with Gasteiger partial charge in [0, 0.05) is 41.0 Å². The highest BCUT2D eigenvalue weighted by Gasteiger charge is 2.13. The molecule has 0 spiro atoms. The third-order valence-electron chi connectivity index (χ3n) is 4.38. The van der Waals surface area contributed by atoms with Crippen LogP contribution < -0.4 is 11.5 Å². The molecule has 150 valence electrons. The molecule has 0 bridgehead atoms. The highest BCUT2D eigenvalue weighted by atomic mass is 35.5. The SMILES string of the molecule is Nc1ccc(-c2ccc(N)cc2Sc2ccc(Cl)cc2)c(Sc2ccc(Cl)cc2)c1. The lowest BCUT2D eigenvalue weighted by atomic mass is 10.0. The molecular weight excluding hydrogens is 451 g/mol. The summed E-state index contributed by atoms with van der Waals surface area (Å²) in [6.07, 6.45) is 0. The molecule has 4 N–H and O–H groups in total. The second-order valence-electron chi connectivity index (χ2n) is 6.62. The van der Waals surface area contributed by atoms with Crippen LogP contribution in [0.3, 0.4) is 0 Å². The Hall–Kier alpha value is -2.24. The molecule has 0 aliphatic heterocycles. The highest BCUT2D eigenvalue weighted by molar-refractivity contribution is 8.00. The van der Waals surface area contributed by atoms with E-state index < -0.39 is 0 Å². The third-order valence-corrected chi connectivity index (χ3v) is 7.02. The van der Waals surface area contributed by atoms with Gasteiger partial charge >= 0.3 is 0 Å². The van der Waals surface area contributed by atoms with Crippen molar-refractivity contribution in [3.05, 3.63) is 95.0 Å². The van der Waals surface area contributed by atoms with Crippen LogP contribution in [0.25, 0.3) is 11.1 Å². The Morgan fingerprint density at radius 3 is 1.23 bits per heavy atom. The summed E-state index contributed by atoms with van der Waals surface area (Å²) in [7, 11) is 0. The molecule has 0 heterocycles. The molecule has 0 aliphatic carbocycles. The van der Waals surface area contributed by atoms with Gasteiger partial charge in [-0.1, -0.05) is 58.9 Å². The first-order valence-corrected chi connectivity index (χ1v) is 11.5. The number of nitrogens with two attached hydrogens (primary N) is 2. The normalized spacial score (nSPS) is 10.9. The van der Waals surface area contributed by atoms with Crippen molar-refractivity contribution in [2.24, 2.45) is 0 Å². The van der Waals surface area contributed by atoms with Crippen LogP contribution in [-0.4, -0.2) is 0 Å². The minimum absolute atomic E-state index is 0.715. The van der Waals surface area contributed by atoms with E-state index in [1.54, 1.807) is 23.5 Å². The van der Waals surface area contributed by atoms with Gasteiger partial charge in [-0.2, -0.15) is 0 Å². The zero-order chi connectivity index (χ0) is 21.1. The molecular formula is C24H18Cl2N2S2. The Kier molecular flexibility index (Phi) is 6.49. The van der Waals surface area contributed by atoms with Gasteiger partial charge in [0.1, 0.15) is 0 Å². The van der Waals surface area contributed by atoms with E-state index in [4.69, 9.17) is 34.7 Å². The summed E-state index contributed by atoms with van der Waals surface area (Å²) < 4.78 is 0. The van der Waals surface area contributed by atoms with Gasteiger partial charge in [0.2, 0.25) is 0 Å². The van der Waals surface area contributed by atoms with Gasteiger partial charge in [0.25, 0.3) is 0 Å². The molecule has 0 fully saturated rings. The van der Waals surface area contributed by atoms with E-state index in [0.29, 0.717) is 10.0 Å². The number of benzene rings is 4. The fourth-order valence-corrected chi connectivity index (χ4v) is 5.22. The van der Waals surface area contributed by atoms with Crippen LogP contribution in [0.15, 0.2) is 105 Å². The number of hydrogen-bond acceptors (Lipinski definition) is 4. The number of hydrogen-bond donors (Lipinski definition) is 2. The van der Waals surface area contributed by atoms with Gasteiger partial charge in [-0.05, 0) is 83.9 Å². The second kappa shape index (κ2) is 9.27. The zero-order valence-electron chi connectivity index (χ0n) is 15.8. The quantitative estimate of drug-likeness (QED) is 0.290. The van der Waals surface area contributed by atoms with Gasteiger partial charge in [0.05, 0.1) is 0 Å². The largest absolute Gasteiger partial charge is 0.399 e. The molecule has 2 nitrogen and oxygen atoms in total. The third kappa shape index (κ3) is 5.08. The fourth-order valence-electron chi connectivity index (χ4n) is 2.95. The van der Waals surface area contributed by atoms with Gasteiger partial charge in [-0.25, -0.2) is 0 Å². The first kappa shape index (κ1) is 21.0. The van der Waals surface area contributed by atoms with Gasteiger partial charge in [-0.3, -0.25) is 0 Å². The van der Waals surface area contributed by atoms with Crippen molar-refractivity contribution >= 4 is 58.1 Å². The van der Waals surface area contributed by atoms with Crippen LogP contribution in [0.5, 0.6) is 0 Å². The Morgan fingerprint density at radius 1 is 0.500 bits per heavy atom. The lowest BCUT2D eigenvalue weighted by Gasteiger charge is -2.15. The average molecular weight is 469 g/mol. The van der Waals surface area contributed by atoms with Crippen molar-refractivity contribution in [2.45, 2.75) is 19.6 Å². The van der Waals surface area contributed by atoms with Crippen LogP contribution in [0.4, 0.5) is 11.4 Å². The Morgan fingerprint density at radius 2 is 0.867 bits per heavy atom. The number of nitrogen functional groups attached to an aromatic ring is 2. The molecule has 30 heavy (non-hydrogen) atoms. The van der Waals surface area contributed by atoms with Crippen molar-refractivity contribution in [3.63, 3.8) is 0 Å². The predicted molar refractivity (Wildman–Crippen MR) is 132 cm³/mol. The first-order valence-electron chi connectivity index (χ1n) is 9.14. The van der Waals surface area contributed by atoms with Gasteiger partial charge in [-0.15, -0.1) is 0 Å². The summed E-state index contributed by atoms with van der Waals surface area (Å²) in [6.45, 7) is 0. The van der Waals surface area contributed by atoms with Crippen molar-refractivity contribution < 1.29 is 0 Å². The first-order chi connectivity index (χ1) is 14.5. The maximum Gasteiger partial charge on any atom is 0.0406 e. The Bertz CT molecular complexity index is 1080. The molecule has 4 rings (SSSR count). The lowest BCUT2D eigenvalue weighted by molar-refractivity contribution is 1.35. The molecule has 0 aromatic heterocycles. The Labute approximate surface area is 194 Å². The van der Waals surface area contributed by atoms with Crippen LogP contribution in [-0.2, 0) is 0 Å². The predicted octanol–water partition coefficient (Wildman–Crippen LogP) is 8.13. The molecule has 4 aromatic rings. The van der Waals surface area contributed by atoms with E-state index in [1.165, 1.54) is 0 Å². The summed E-state index contributed by atoms with van der Waals surface area (Å²) in [5, 5.41) is 1.43. The molecule has 0 radical (unpaired) electrons. The number of rotatable bonds is 5. The number of halogens is 2. The van der Waals surface area contributed by atoms with Crippen molar-refractivity contribution in [1.82, 2.24) is 0 Å². The topological polar surface area (TPSA) is 52.0 Å². The summed E-state index contributed by atoms with van der Waals surface area (Å²) in [6, 6.07) is 27.6. The second-order valence-corrected chi connectivity index (χ2v) is 9.73. The van der Waals surface area contributed by atoms with Crippen LogP contribution in [0.2, 0.25) is 10.0 Å². The van der Waals surface area contributed by atoms with E-state index in [9.17, 15) is 0 Å². The Balaban J connectivity index is 1.76. The van der Waals surface area contributed by atoms with Gasteiger partial charge < -0.3 is 11.5 Å². The summed E-state index contributed by atoms with van der Waals surface area (Å²) in [5.74, 6) is 0. The van der Waals surface area contributed by atoms with E-state index >= 15 is 0 Å². The standard InChI is InChI=1S/C24H18Cl2N2S2/c25-15-1-7-19(8-2-15)29-23-13-17(27)5-11-21(23)22-12-6-18(28)14-24(22)30-20-9-3-16(26)4-10-20/h1-14H,27-28H2. The molecule has 0 atom stereocenters. The van der Waals surface area contributed by atoms with Crippen LogP contribution >= 0.6 is 46.7 Å². The van der Waals surface area contributed by atoms with E-state index in [0.717, 1.165) is 42.1 Å². The molecule has 0 aliphatic rings. The van der Waals surface area contributed by atoms with E-state index in [-0.39, 0.29) is 0 Å². The summed E-state index contributed by atoms with van der Waals surface area (Å²) in [5.41, 5.74) is 15.9. The zero-order valence-corrected chi connectivity index (χ0v) is 19.0. The molecule has 0 saturated heterocycles. The molecule has 0 unspecified atom stereocenters. The highest BCUT2D eigenvalue weighted by Crippen LogP contribution is 2.43. The summed E-state index contributed by atoms with van der Waals surface area (Å²) >= 11 is 15.4. The molecule has 0 amide bonds. The lowest BCUT2D eigenvalue weighted by Crippen LogP contribution is -1.92. The maximum atomic E-state index is 6.11. The van der Waals surface area contributed by atoms with E-state index in [2.05, 4.69) is 12.1 Å². The molecule has 6 heteroatoms. The van der Waals surface area contributed by atoms with Crippen molar-refractivity contribution in [1.29, 1.82) is 0 Å². The number of anilines is 2. The minimum atomic E-state index is 0.715.